The number of anilines is 1. The predicted molar refractivity (Wildman–Crippen MR) is 116 cm³/mol. The molecule has 2 amide bonds. The highest BCUT2D eigenvalue weighted by Gasteiger charge is 2.33. The first-order valence-corrected chi connectivity index (χ1v) is 10.6. The molecule has 0 bridgehead atoms. The molecule has 31 heavy (non-hydrogen) atoms. The van der Waals surface area contributed by atoms with Crippen molar-refractivity contribution in [2.45, 2.75) is 51.5 Å². The SMILES string of the molecule is CC1=C/C(=N/N=C2\NC(=O)[C@@H](CC(=O)Nc3cccc(C(F)(F)F)c3)S2)CC(C)(C)C1. The minimum Gasteiger partial charge on any atom is -0.326 e. The summed E-state index contributed by atoms with van der Waals surface area (Å²) in [6.07, 6.45) is -0.971. The zero-order chi connectivity index (χ0) is 22.8. The summed E-state index contributed by atoms with van der Waals surface area (Å²) < 4.78 is 38.4. The average Bonchev–Trinajstić information content (AvgIpc) is 2.97. The molecule has 1 aromatic carbocycles. The number of carbonyl (C=O) groups is 2. The number of allylic oxidation sites excluding steroid dienone is 2. The number of amidine groups is 1. The maximum atomic E-state index is 12.8. The first kappa shape index (κ1) is 23.1. The summed E-state index contributed by atoms with van der Waals surface area (Å²) in [6, 6.07) is 4.34. The number of hydrogen-bond donors (Lipinski definition) is 2. The summed E-state index contributed by atoms with van der Waals surface area (Å²) >= 11 is 1.08. The number of hydrogen-bond acceptors (Lipinski definition) is 5. The minimum absolute atomic E-state index is 0.0191. The molecule has 1 aliphatic carbocycles. The first-order valence-electron chi connectivity index (χ1n) is 9.68. The van der Waals surface area contributed by atoms with E-state index in [1.54, 1.807) is 0 Å². The second-order valence-corrected chi connectivity index (χ2v) is 9.62. The highest BCUT2D eigenvalue weighted by molar-refractivity contribution is 8.15. The third-order valence-electron chi connectivity index (χ3n) is 4.72. The quantitative estimate of drug-likeness (QED) is 0.647. The highest BCUT2D eigenvalue weighted by Crippen LogP contribution is 2.34. The van der Waals surface area contributed by atoms with Gasteiger partial charge in [0, 0.05) is 12.1 Å². The van der Waals surface area contributed by atoms with Gasteiger partial charge in [-0.3, -0.25) is 9.59 Å². The Bertz CT molecular complexity index is 983. The summed E-state index contributed by atoms with van der Waals surface area (Å²) in [5.74, 6) is -0.953. The standard InChI is InChI=1S/C21H23F3N4O2S/c1-12-7-15(11-20(2,3)10-12)27-28-19-26-18(30)16(31-19)9-17(29)25-14-6-4-5-13(8-14)21(22,23)24/h4-8,16H,9-11H2,1-3H3,(H,25,29)(H,26,28,30)/b27-15-/t16-/m1/s1. The third-order valence-corrected chi connectivity index (χ3v) is 5.79. The van der Waals surface area contributed by atoms with Crippen molar-refractivity contribution in [2.24, 2.45) is 15.6 Å². The van der Waals surface area contributed by atoms with Crippen molar-refractivity contribution in [1.29, 1.82) is 0 Å². The van der Waals surface area contributed by atoms with E-state index in [-0.39, 0.29) is 23.4 Å². The molecule has 0 aromatic heterocycles. The second-order valence-electron chi connectivity index (χ2n) is 8.43. The lowest BCUT2D eigenvalue weighted by atomic mass is 9.77. The van der Waals surface area contributed by atoms with E-state index in [1.807, 2.05) is 13.0 Å². The molecular formula is C21H23F3N4O2S. The van der Waals surface area contributed by atoms with Crippen LogP contribution in [0.3, 0.4) is 0 Å². The van der Waals surface area contributed by atoms with Gasteiger partial charge in [0.15, 0.2) is 5.17 Å². The van der Waals surface area contributed by atoms with Crippen molar-refractivity contribution in [3.8, 4) is 0 Å². The average molecular weight is 453 g/mol. The number of benzene rings is 1. The summed E-state index contributed by atoms with van der Waals surface area (Å²) in [4.78, 5) is 24.4. The molecule has 1 atom stereocenters. The van der Waals surface area contributed by atoms with Gasteiger partial charge in [-0.15, -0.1) is 5.10 Å². The van der Waals surface area contributed by atoms with Crippen molar-refractivity contribution < 1.29 is 22.8 Å². The Morgan fingerprint density at radius 2 is 2.03 bits per heavy atom. The van der Waals surface area contributed by atoms with E-state index in [1.165, 1.54) is 17.7 Å². The fourth-order valence-corrected chi connectivity index (χ4v) is 4.53. The van der Waals surface area contributed by atoms with Crippen LogP contribution in [-0.2, 0) is 15.8 Å². The number of rotatable bonds is 4. The molecule has 1 aromatic rings. The summed E-state index contributed by atoms with van der Waals surface area (Å²) in [5, 5.41) is 12.9. The Balaban J connectivity index is 1.61. The maximum Gasteiger partial charge on any atom is 0.416 e. The molecule has 2 N–H and O–H groups in total. The maximum absolute atomic E-state index is 12.8. The molecular weight excluding hydrogens is 429 g/mol. The van der Waals surface area contributed by atoms with Gasteiger partial charge in [-0.1, -0.05) is 37.2 Å². The largest absolute Gasteiger partial charge is 0.416 e. The Hall–Kier alpha value is -2.62. The molecule has 1 saturated heterocycles. The molecule has 0 saturated carbocycles. The topological polar surface area (TPSA) is 82.9 Å². The number of alkyl halides is 3. The van der Waals surface area contributed by atoms with Crippen LogP contribution >= 0.6 is 11.8 Å². The van der Waals surface area contributed by atoms with E-state index < -0.39 is 22.9 Å². The molecule has 1 aliphatic heterocycles. The fraction of sp³-hybridized carbons (Fsp3) is 0.429. The van der Waals surface area contributed by atoms with E-state index in [9.17, 15) is 22.8 Å². The lowest BCUT2D eigenvalue weighted by molar-refractivity contribution is -0.137. The lowest BCUT2D eigenvalue weighted by Crippen LogP contribution is -2.28. The summed E-state index contributed by atoms with van der Waals surface area (Å²) in [6.45, 7) is 6.34. The van der Waals surface area contributed by atoms with Gasteiger partial charge in [-0.2, -0.15) is 18.3 Å². The van der Waals surface area contributed by atoms with Crippen LogP contribution in [-0.4, -0.2) is 27.9 Å². The molecule has 6 nitrogen and oxygen atoms in total. The fourth-order valence-electron chi connectivity index (χ4n) is 3.61. The number of nitrogens with zero attached hydrogens (tertiary/aromatic N) is 2. The monoisotopic (exact) mass is 452 g/mol. The molecule has 1 fully saturated rings. The van der Waals surface area contributed by atoms with Gasteiger partial charge >= 0.3 is 6.18 Å². The second kappa shape index (κ2) is 8.86. The van der Waals surface area contributed by atoms with Gasteiger partial charge in [-0.25, -0.2) is 0 Å². The van der Waals surface area contributed by atoms with Crippen molar-refractivity contribution in [3.63, 3.8) is 0 Å². The molecule has 166 valence electrons. The minimum atomic E-state index is -4.50. The number of halogens is 3. The van der Waals surface area contributed by atoms with Crippen LogP contribution < -0.4 is 10.6 Å². The molecule has 0 unspecified atom stereocenters. The van der Waals surface area contributed by atoms with Crippen LogP contribution in [0.5, 0.6) is 0 Å². The summed E-state index contributed by atoms with van der Waals surface area (Å²) in [5.41, 5.74) is 1.28. The highest BCUT2D eigenvalue weighted by atomic mass is 32.2. The predicted octanol–water partition coefficient (Wildman–Crippen LogP) is 4.74. The van der Waals surface area contributed by atoms with Crippen LogP contribution in [0, 0.1) is 5.41 Å². The molecule has 1 heterocycles. The summed E-state index contributed by atoms with van der Waals surface area (Å²) in [7, 11) is 0. The van der Waals surface area contributed by atoms with Crippen LogP contribution in [0.25, 0.3) is 0 Å². The Morgan fingerprint density at radius 3 is 2.71 bits per heavy atom. The van der Waals surface area contributed by atoms with Gasteiger partial charge in [0.05, 0.1) is 11.3 Å². The number of thioether (sulfide) groups is 1. The van der Waals surface area contributed by atoms with Crippen LogP contribution in [0.15, 0.2) is 46.1 Å². The van der Waals surface area contributed by atoms with Crippen molar-refractivity contribution in [1.82, 2.24) is 5.32 Å². The van der Waals surface area contributed by atoms with Gasteiger partial charge < -0.3 is 10.6 Å². The van der Waals surface area contributed by atoms with E-state index in [4.69, 9.17) is 0 Å². The molecule has 0 radical (unpaired) electrons. The van der Waals surface area contributed by atoms with E-state index >= 15 is 0 Å². The van der Waals surface area contributed by atoms with E-state index in [0.29, 0.717) is 5.17 Å². The molecule has 2 aliphatic rings. The Kier molecular flexibility index (Phi) is 6.59. The molecule has 0 spiro atoms. The van der Waals surface area contributed by atoms with Crippen molar-refractivity contribution in [2.75, 3.05) is 5.32 Å². The van der Waals surface area contributed by atoms with E-state index in [2.05, 4.69) is 34.7 Å². The van der Waals surface area contributed by atoms with Gasteiger partial charge in [0.1, 0.15) is 5.25 Å². The third kappa shape index (κ3) is 6.43. The number of amides is 2. The van der Waals surface area contributed by atoms with Gasteiger partial charge in [0.2, 0.25) is 11.8 Å². The zero-order valence-corrected chi connectivity index (χ0v) is 18.2. The van der Waals surface area contributed by atoms with Gasteiger partial charge in [-0.05, 0) is 49.5 Å². The number of carbonyl (C=O) groups excluding carboxylic acids is 2. The Labute approximate surface area is 182 Å². The van der Waals surface area contributed by atoms with Crippen molar-refractivity contribution in [3.05, 3.63) is 41.5 Å². The smallest absolute Gasteiger partial charge is 0.326 e. The Morgan fingerprint density at radius 1 is 1.29 bits per heavy atom. The van der Waals surface area contributed by atoms with Crippen LogP contribution in [0.1, 0.15) is 45.6 Å². The van der Waals surface area contributed by atoms with E-state index in [0.717, 1.165) is 42.4 Å². The van der Waals surface area contributed by atoms with Crippen molar-refractivity contribution >= 4 is 40.1 Å². The van der Waals surface area contributed by atoms with Gasteiger partial charge in [0.25, 0.3) is 0 Å². The normalized spacial score (nSPS) is 23.6. The number of nitrogens with one attached hydrogen (secondary N) is 2. The van der Waals surface area contributed by atoms with Crippen LogP contribution in [0.2, 0.25) is 0 Å². The lowest BCUT2D eigenvalue weighted by Gasteiger charge is -2.28. The zero-order valence-electron chi connectivity index (χ0n) is 17.3. The first-order chi connectivity index (χ1) is 14.4. The molecule has 3 rings (SSSR count). The molecule has 10 heteroatoms. The van der Waals surface area contributed by atoms with Crippen LogP contribution in [0.4, 0.5) is 18.9 Å².